The summed E-state index contributed by atoms with van der Waals surface area (Å²) in [6.07, 6.45) is 1.73. The fraction of sp³-hybridized carbons (Fsp3) is 0.286. The van der Waals surface area contributed by atoms with E-state index in [9.17, 15) is 14.9 Å². The number of rotatable bonds is 6. The third-order valence-corrected chi connectivity index (χ3v) is 2.89. The van der Waals surface area contributed by atoms with Gasteiger partial charge in [0, 0.05) is 12.7 Å². The molecule has 1 heterocycles. The number of nitro benzene ring substituents is 1. The van der Waals surface area contributed by atoms with E-state index < -0.39 is 4.92 Å². The first-order chi connectivity index (χ1) is 10.1. The van der Waals surface area contributed by atoms with E-state index in [4.69, 9.17) is 4.74 Å². The minimum absolute atomic E-state index is 0.0375. The van der Waals surface area contributed by atoms with Crippen molar-refractivity contribution in [2.45, 2.75) is 13.3 Å². The van der Waals surface area contributed by atoms with Crippen LogP contribution in [0.25, 0.3) is 10.9 Å². The molecule has 0 saturated heterocycles. The maximum absolute atomic E-state index is 11.3. The summed E-state index contributed by atoms with van der Waals surface area (Å²) in [4.78, 5) is 26.2. The number of pyridine rings is 1. The molecule has 1 aromatic carbocycles. The standard InChI is InChI=1S/C14H15N3O4/c1-2-21-13(18)7-9-16-12-6-5-11-10(4-3-8-15-11)14(12)17(19)20/h3-6,8,16H,2,7,9H2,1H3. The zero-order chi connectivity index (χ0) is 15.2. The van der Waals surface area contributed by atoms with Crippen LogP contribution >= 0.6 is 0 Å². The van der Waals surface area contributed by atoms with Crippen molar-refractivity contribution < 1.29 is 14.5 Å². The zero-order valence-electron chi connectivity index (χ0n) is 11.5. The smallest absolute Gasteiger partial charge is 0.307 e. The van der Waals surface area contributed by atoms with E-state index in [-0.39, 0.29) is 24.6 Å². The largest absolute Gasteiger partial charge is 0.466 e. The molecule has 0 spiro atoms. The summed E-state index contributed by atoms with van der Waals surface area (Å²) in [5, 5.41) is 14.6. The van der Waals surface area contributed by atoms with Crippen LogP contribution in [0.3, 0.4) is 0 Å². The first-order valence-electron chi connectivity index (χ1n) is 6.55. The number of benzene rings is 1. The minimum Gasteiger partial charge on any atom is -0.466 e. The van der Waals surface area contributed by atoms with Crippen molar-refractivity contribution >= 4 is 28.2 Å². The molecule has 0 saturated carbocycles. The van der Waals surface area contributed by atoms with Crippen LogP contribution in [-0.2, 0) is 9.53 Å². The van der Waals surface area contributed by atoms with Gasteiger partial charge in [-0.2, -0.15) is 0 Å². The molecule has 0 atom stereocenters. The van der Waals surface area contributed by atoms with E-state index in [1.54, 1.807) is 37.4 Å². The number of hydrogen-bond acceptors (Lipinski definition) is 6. The summed E-state index contributed by atoms with van der Waals surface area (Å²) in [7, 11) is 0. The molecule has 0 radical (unpaired) electrons. The highest BCUT2D eigenvalue weighted by molar-refractivity contribution is 5.94. The van der Waals surface area contributed by atoms with Crippen LogP contribution in [0.15, 0.2) is 30.5 Å². The van der Waals surface area contributed by atoms with Gasteiger partial charge in [0.2, 0.25) is 0 Å². The van der Waals surface area contributed by atoms with Crippen LogP contribution in [0.4, 0.5) is 11.4 Å². The molecule has 0 bridgehead atoms. The number of aromatic nitrogens is 1. The van der Waals surface area contributed by atoms with Crippen molar-refractivity contribution in [2.24, 2.45) is 0 Å². The quantitative estimate of drug-likeness (QED) is 0.499. The zero-order valence-corrected chi connectivity index (χ0v) is 11.5. The van der Waals surface area contributed by atoms with Gasteiger partial charge in [0.25, 0.3) is 0 Å². The number of carbonyl (C=O) groups excluding carboxylic acids is 1. The molecule has 21 heavy (non-hydrogen) atoms. The molecule has 0 aliphatic heterocycles. The molecule has 1 aromatic heterocycles. The Bertz CT molecular complexity index is 672. The highest BCUT2D eigenvalue weighted by Gasteiger charge is 2.18. The third-order valence-electron chi connectivity index (χ3n) is 2.89. The topological polar surface area (TPSA) is 94.4 Å². The summed E-state index contributed by atoms with van der Waals surface area (Å²) in [6.45, 7) is 2.32. The molecule has 7 nitrogen and oxygen atoms in total. The number of hydrogen-bond donors (Lipinski definition) is 1. The molecule has 0 aliphatic carbocycles. The molecule has 7 heteroatoms. The number of ether oxygens (including phenoxy) is 1. The number of carbonyl (C=O) groups is 1. The Labute approximate surface area is 121 Å². The minimum atomic E-state index is -0.448. The lowest BCUT2D eigenvalue weighted by Crippen LogP contribution is -2.12. The van der Waals surface area contributed by atoms with Gasteiger partial charge in [-0.05, 0) is 31.2 Å². The van der Waals surface area contributed by atoms with Gasteiger partial charge in [-0.1, -0.05) is 0 Å². The highest BCUT2D eigenvalue weighted by Crippen LogP contribution is 2.32. The monoisotopic (exact) mass is 289 g/mol. The Hall–Kier alpha value is -2.70. The van der Waals surface area contributed by atoms with Crippen molar-refractivity contribution in [3.05, 3.63) is 40.6 Å². The van der Waals surface area contributed by atoms with Crippen molar-refractivity contribution in [1.29, 1.82) is 0 Å². The molecular weight excluding hydrogens is 274 g/mol. The fourth-order valence-corrected chi connectivity index (χ4v) is 2.01. The van der Waals surface area contributed by atoms with Crippen LogP contribution in [0.2, 0.25) is 0 Å². The predicted octanol–water partition coefficient (Wildman–Crippen LogP) is 2.51. The first kappa shape index (κ1) is 14.7. The number of nitrogens with zero attached hydrogens (tertiary/aromatic N) is 2. The van der Waals surface area contributed by atoms with Gasteiger partial charge in [-0.25, -0.2) is 0 Å². The van der Waals surface area contributed by atoms with Gasteiger partial charge in [-0.3, -0.25) is 19.9 Å². The molecule has 0 unspecified atom stereocenters. The molecule has 1 N–H and O–H groups in total. The van der Waals surface area contributed by atoms with E-state index in [0.29, 0.717) is 23.2 Å². The average Bonchev–Trinajstić information content (AvgIpc) is 2.46. The SMILES string of the molecule is CCOC(=O)CCNc1ccc2ncccc2c1[N+](=O)[O-]. The second-order valence-electron chi connectivity index (χ2n) is 4.27. The Morgan fingerprint density at radius 2 is 2.24 bits per heavy atom. The predicted molar refractivity (Wildman–Crippen MR) is 78.1 cm³/mol. The van der Waals surface area contributed by atoms with Gasteiger partial charge < -0.3 is 10.1 Å². The number of esters is 1. The molecule has 0 amide bonds. The van der Waals surface area contributed by atoms with Crippen molar-refractivity contribution in [3.63, 3.8) is 0 Å². The van der Waals surface area contributed by atoms with Crippen LogP contribution in [0.5, 0.6) is 0 Å². The van der Waals surface area contributed by atoms with E-state index >= 15 is 0 Å². The summed E-state index contributed by atoms with van der Waals surface area (Å²) in [6, 6.07) is 6.60. The van der Waals surface area contributed by atoms with Crippen molar-refractivity contribution in [3.8, 4) is 0 Å². The maximum Gasteiger partial charge on any atom is 0.307 e. The average molecular weight is 289 g/mol. The van der Waals surface area contributed by atoms with E-state index in [2.05, 4.69) is 10.3 Å². The Kier molecular flexibility index (Phi) is 4.65. The number of nitrogens with one attached hydrogen (secondary N) is 1. The first-order valence-corrected chi connectivity index (χ1v) is 6.55. The number of fused-ring (bicyclic) bond motifs is 1. The van der Waals surface area contributed by atoms with Gasteiger partial charge >= 0.3 is 11.7 Å². The number of anilines is 1. The van der Waals surface area contributed by atoms with Gasteiger partial charge in [-0.15, -0.1) is 0 Å². The second-order valence-corrected chi connectivity index (χ2v) is 4.27. The lowest BCUT2D eigenvalue weighted by atomic mass is 10.1. The number of nitro groups is 1. The highest BCUT2D eigenvalue weighted by atomic mass is 16.6. The molecule has 2 rings (SSSR count). The van der Waals surface area contributed by atoms with E-state index in [0.717, 1.165) is 0 Å². The summed E-state index contributed by atoms with van der Waals surface area (Å²) >= 11 is 0. The summed E-state index contributed by atoms with van der Waals surface area (Å²) in [5.74, 6) is -0.338. The molecule has 2 aromatic rings. The Balaban J connectivity index is 2.21. The van der Waals surface area contributed by atoms with Gasteiger partial charge in [0.05, 0.1) is 28.9 Å². The van der Waals surface area contributed by atoms with Gasteiger partial charge in [0.15, 0.2) is 0 Å². The van der Waals surface area contributed by atoms with Crippen molar-refractivity contribution in [1.82, 2.24) is 4.98 Å². The summed E-state index contributed by atoms with van der Waals surface area (Å²) in [5.41, 5.74) is 0.884. The molecule has 110 valence electrons. The Morgan fingerprint density at radius 3 is 2.95 bits per heavy atom. The molecule has 0 aliphatic rings. The van der Waals surface area contributed by atoms with Crippen LogP contribution in [0.1, 0.15) is 13.3 Å². The van der Waals surface area contributed by atoms with Crippen LogP contribution in [-0.4, -0.2) is 29.0 Å². The second kappa shape index (κ2) is 6.65. The fourth-order valence-electron chi connectivity index (χ4n) is 2.01. The normalized spacial score (nSPS) is 10.3. The van der Waals surface area contributed by atoms with E-state index in [1.165, 1.54) is 0 Å². The van der Waals surface area contributed by atoms with Gasteiger partial charge in [0.1, 0.15) is 5.69 Å². The van der Waals surface area contributed by atoms with Crippen LogP contribution in [0, 0.1) is 10.1 Å². The summed E-state index contributed by atoms with van der Waals surface area (Å²) < 4.78 is 4.80. The Morgan fingerprint density at radius 1 is 1.43 bits per heavy atom. The van der Waals surface area contributed by atoms with E-state index in [1.807, 2.05) is 0 Å². The third kappa shape index (κ3) is 3.44. The lowest BCUT2D eigenvalue weighted by Gasteiger charge is -2.08. The maximum atomic E-state index is 11.3. The van der Waals surface area contributed by atoms with Crippen molar-refractivity contribution in [2.75, 3.05) is 18.5 Å². The molecule has 0 fully saturated rings. The lowest BCUT2D eigenvalue weighted by molar-refractivity contribution is -0.382. The van der Waals surface area contributed by atoms with Crippen LogP contribution < -0.4 is 5.32 Å². The molecular formula is C14H15N3O4.